The molecule has 0 aromatic heterocycles. The van der Waals surface area contributed by atoms with Crippen molar-refractivity contribution in [3.8, 4) is 0 Å². The van der Waals surface area contributed by atoms with E-state index in [4.69, 9.17) is 9.47 Å². The van der Waals surface area contributed by atoms with E-state index in [-0.39, 0.29) is 24.0 Å². The van der Waals surface area contributed by atoms with Crippen LogP contribution in [0.5, 0.6) is 0 Å². The van der Waals surface area contributed by atoms with E-state index in [1.54, 1.807) is 14.0 Å². The average Bonchev–Trinajstić information content (AvgIpc) is 2.21. The van der Waals surface area contributed by atoms with Gasteiger partial charge in [0.15, 0.2) is 11.9 Å². The van der Waals surface area contributed by atoms with Crippen molar-refractivity contribution in [2.45, 2.75) is 33.0 Å². The summed E-state index contributed by atoms with van der Waals surface area (Å²) in [5, 5.41) is 0. The lowest BCUT2D eigenvalue weighted by Crippen LogP contribution is -2.44. The third-order valence-electron chi connectivity index (χ3n) is 2.62. The maximum atomic E-state index is 10.9. The zero-order valence-electron chi connectivity index (χ0n) is 16.1. The number of rotatable bonds is 7. The summed E-state index contributed by atoms with van der Waals surface area (Å²) < 4.78 is 11.6. The molecular weight excluding hydrogens is 284 g/mol. The molecule has 0 amide bonds. The van der Waals surface area contributed by atoms with Crippen LogP contribution in [0.25, 0.3) is 0 Å². The standard InChI is InChI=1S/2C8H18NO2/c1-7(10)8(11-5)6-9(2,3)4;1-7(11-8(2)10)6-9(3,4)5/h8H,6H2,1-5H3;7H,6H2,1-5H3/q2*+1. The molecule has 22 heavy (non-hydrogen) atoms. The first-order valence-electron chi connectivity index (χ1n) is 7.49. The van der Waals surface area contributed by atoms with E-state index < -0.39 is 0 Å². The Balaban J connectivity index is 0. The number of esters is 1. The first-order chi connectivity index (χ1) is 9.68. The minimum Gasteiger partial charge on any atom is -0.457 e. The molecule has 0 fully saturated rings. The quantitative estimate of drug-likeness (QED) is 0.517. The van der Waals surface area contributed by atoms with Crippen LogP contribution in [0.2, 0.25) is 0 Å². The van der Waals surface area contributed by atoms with Gasteiger partial charge in [-0.2, -0.15) is 0 Å². The summed E-state index contributed by atoms with van der Waals surface area (Å²) >= 11 is 0. The van der Waals surface area contributed by atoms with E-state index in [9.17, 15) is 9.59 Å². The molecule has 0 aliphatic carbocycles. The summed E-state index contributed by atoms with van der Waals surface area (Å²) in [6.45, 7) is 6.48. The second-order valence-electron chi connectivity index (χ2n) is 7.70. The molecule has 0 aliphatic heterocycles. The number of carbonyl (C=O) groups is 2. The van der Waals surface area contributed by atoms with Crippen molar-refractivity contribution in [1.29, 1.82) is 0 Å². The molecule has 2 atom stereocenters. The number of likely N-dealkylation sites (N-methyl/N-ethyl adjacent to an activating group) is 2. The molecule has 0 spiro atoms. The van der Waals surface area contributed by atoms with Gasteiger partial charge in [0.1, 0.15) is 19.2 Å². The Morgan fingerprint density at radius 1 is 0.909 bits per heavy atom. The molecule has 0 saturated heterocycles. The number of hydrogen-bond acceptors (Lipinski definition) is 4. The summed E-state index contributed by atoms with van der Waals surface area (Å²) in [4.78, 5) is 21.4. The van der Waals surface area contributed by atoms with Gasteiger partial charge in [0.25, 0.3) is 0 Å². The topological polar surface area (TPSA) is 52.6 Å². The van der Waals surface area contributed by atoms with Gasteiger partial charge in [-0.15, -0.1) is 0 Å². The van der Waals surface area contributed by atoms with Crippen LogP contribution >= 0.6 is 0 Å². The smallest absolute Gasteiger partial charge is 0.303 e. The zero-order valence-corrected chi connectivity index (χ0v) is 16.1. The van der Waals surface area contributed by atoms with Gasteiger partial charge in [0.2, 0.25) is 0 Å². The predicted octanol–water partition coefficient (Wildman–Crippen LogP) is 0.941. The molecule has 0 rings (SSSR count). The number of quaternary nitrogens is 2. The van der Waals surface area contributed by atoms with Gasteiger partial charge in [-0.25, -0.2) is 0 Å². The van der Waals surface area contributed by atoms with E-state index in [1.807, 2.05) is 28.1 Å². The zero-order chi connectivity index (χ0) is 18.1. The normalized spacial score (nSPS) is 14.5. The van der Waals surface area contributed by atoms with Crippen molar-refractivity contribution in [1.82, 2.24) is 0 Å². The van der Waals surface area contributed by atoms with E-state index >= 15 is 0 Å². The highest BCUT2D eigenvalue weighted by Crippen LogP contribution is 1.99. The molecule has 0 heterocycles. The van der Waals surface area contributed by atoms with Crippen LogP contribution in [0.15, 0.2) is 0 Å². The molecule has 132 valence electrons. The minimum atomic E-state index is -0.255. The lowest BCUT2D eigenvalue weighted by atomic mass is 10.2. The maximum absolute atomic E-state index is 10.9. The van der Waals surface area contributed by atoms with Gasteiger partial charge in [-0.1, -0.05) is 0 Å². The molecule has 0 bridgehead atoms. The van der Waals surface area contributed by atoms with Crippen LogP contribution < -0.4 is 0 Å². The fourth-order valence-corrected chi connectivity index (χ4v) is 1.96. The summed E-state index contributed by atoms with van der Waals surface area (Å²) in [5.74, 6) is -0.105. The molecule has 6 nitrogen and oxygen atoms in total. The third kappa shape index (κ3) is 17.1. The van der Waals surface area contributed by atoms with Crippen molar-refractivity contribution < 1.29 is 28.0 Å². The fraction of sp³-hybridized carbons (Fsp3) is 0.875. The summed E-state index contributed by atoms with van der Waals surface area (Å²) in [5.41, 5.74) is 0. The predicted molar refractivity (Wildman–Crippen MR) is 88.5 cm³/mol. The van der Waals surface area contributed by atoms with Crippen LogP contribution in [-0.4, -0.2) is 95.4 Å². The summed E-state index contributed by atoms with van der Waals surface area (Å²) in [6, 6.07) is 0. The number of hydrogen-bond donors (Lipinski definition) is 0. The van der Waals surface area contributed by atoms with Gasteiger partial charge in [0.05, 0.1) is 42.3 Å². The first-order valence-corrected chi connectivity index (χ1v) is 7.49. The maximum Gasteiger partial charge on any atom is 0.303 e. The second kappa shape index (κ2) is 9.92. The highest BCUT2D eigenvalue weighted by molar-refractivity contribution is 5.80. The highest BCUT2D eigenvalue weighted by atomic mass is 16.5. The highest BCUT2D eigenvalue weighted by Gasteiger charge is 2.21. The van der Waals surface area contributed by atoms with Crippen LogP contribution in [0, 0.1) is 0 Å². The van der Waals surface area contributed by atoms with Crippen molar-refractivity contribution in [3.63, 3.8) is 0 Å². The van der Waals surface area contributed by atoms with E-state index in [1.165, 1.54) is 6.92 Å². The van der Waals surface area contributed by atoms with E-state index in [0.29, 0.717) is 0 Å². The Bertz CT molecular complexity index is 343. The molecule has 0 aliphatic rings. The van der Waals surface area contributed by atoms with Gasteiger partial charge >= 0.3 is 5.97 Å². The Labute approximate surface area is 136 Å². The lowest BCUT2D eigenvalue weighted by Gasteiger charge is -2.27. The molecule has 2 unspecified atom stereocenters. The largest absolute Gasteiger partial charge is 0.457 e. The Morgan fingerprint density at radius 2 is 1.32 bits per heavy atom. The number of Topliss-reactive ketones (excluding diaryl/α,β-unsaturated/α-hetero) is 1. The van der Waals surface area contributed by atoms with Crippen LogP contribution in [0.4, 0.5) is 0 Å². The molecule has 0 saturated carbocycles. The number of ether oxygens (including phenoxy) is 2. The van der Waals surface area contributed by atoms with Crippen LogP contribution in [0.1, 0.15) is 20.8 Å². The van der Waals surface area contributed by atoms with Crippen LogP contribution in [0.3, 0.4) is 0 Å². The molecular formula is C16H36N2O4+2. The van der Waals surface area contributed by atoms with Crippen molar-refractivity contribution in [2.24, 2.45) is 0 Å². The van der Waals surface area contributed by atoms with Crippen molar-refractivity contribution in [2.75, 3.05) is 62.5 Å². The fourth-order valence-electron chi connectivity index (χ4n) is 1.96. The number of methoxy groups -OCH3 is 1. The third-order valence-corrected chi connectivity index (χ3v) is 2.62. The van der Waals surface area contributed by atoms with Crippen LogP contribution in [-0.2, 0) is 19.1 Å². The Morgan fingerprint density at radius 3 is 1.50 bits per heavy atom. The number of carbonyl (C=O) groups excluding carboxylic acids is 2. The van der Waals surface area contributed by atoms with Gasteiger partial charge in [-0.3, -0.25) is 9.59 Å². The monoisotopic (exact) mass is 320 g/mol. The summed E-state index contributed by atoms with van der Waals surface area (Å²) in [7, 11) is 13.9. The molecule has 6 heteroatoms. The van der Waals surface area contributed by atoms with E-state index in [2.05, 4.69) is 21.1 Å². The average molecular weight is 320 g/mol. The Hall–Kier alpha value is -0.980. The van der Waals surface area contributed by atoms with Crippen molar-refractivity contribution in [3.05, 3.63) is 0 Å². The Kier molecular flexibility index (Phi) is 10.5. The number of nitrogens with zero attached hydrogens (tertiary/aromatic N) is 2. The summed E-state index contributed by atoms with van der Waals surface area (Å²) in [6.07, 6.45) is -0.248. The minimum absolute atomic E-state index is 0.00694. The SMILES string of the molecule is CC(=O)OC(C)C[N+](C)(C)C.COC(C[N+](C)(C)C)C(C)=O. The number of ketones is 1. The molecule has 0 aromatic carbocycles. The van der Waals surface area contributed by atoms with E-state index in [0.717, 1.165) is 22.1 Å². The van der Waals surface area contributed by atoms with Gasteiger partial charge < -0.3 is 18.4 Å². The second-order valence-corrected chi connectivity index (χ2v) is 7.70. The lowest BCUT2D eigenvalue weighted by molar-refractivity contribution is -0.873. The molecule has 0 aromatic rings. The molecule has 0 radical (unpaired) electrons. The van der Waals surface area contributed by atoms with Gasteiger partial charge in [-0.05, 0) is 13.8 Å². The first kappa shape index (κ1) is 23.3. The van der Waals surface area contributed by atoms with Gasteiger partial charge in [0, 0.05) is 14.0 Å². The van der Waals surface area contributed by atoms with Crippen molar-refractivity contribution >= 4 is 11.8 Å². The molecule has 0 N–H and O–H groups in total.